The molecule has 25 heavy (non-hydrogen) atoms. The summed E-state index contributed by atoms with van der Waals surface area (Å²) in [6.07, 6.45) is 1.94. The second-order valence-corrected chi connectivity index (χ2v) is 6.94. The van der Waals surface area contributed by atoms with Gasteiger partial charge in [0.25, 0.3) is 0 Å². The van der Waals surface area contributed by atoms with E-state index < -0.39 is 0 Å². The fraction of sp³-hybridized carbons (Fsp3) is 0.750. The topological polar surface area (TPSA) is 86.6 Å². The lowest BCUT2D eigenvalue weighted by molar-refractivity contribution is -0.125. The molecule has 1 unspecified atom stereocenters. The van der Waals surface area contributed by atoms with E-state index in [1.807, 2.05) is 18.5 Å². The molecule has 1 N–H and O–H groups in total. The van der Waals surface area contributed by atoms with Crippen LogP contribution in [-0.4, -0.2) is 87.2 Å². The highest BCUT2D eigenvalue weighted by Gasteiger charge is 2.29. The largest absolute Gasteiger partial charge is 0.329 e. The predicted octanol–water partition coefficient (Wildman–Crippen LogP) is -0.428. The summed E-state index contributed by atoms with van der Waals surface area (Å²) in [5.74, 6) is 1.79. The van der Waals surface area contributed by atoms with Crippen molar-refractivity contribution < 1.29 is 9.59 Å². The van der Waals surface area contributed by atoms with Gasteiger partial charge in [0.1, 0.15) is 11.6 Å². The standard InChI is InChI=1S/C16H27N7O2/c1-12-18-19-14(21(12)3)11-20(2)13-5-8-22(10-13)6-4-7-23-15(24)9-17-16(23)25/h13H,4-11H2,1-3H3,(H,17,25). The first-order chi connectivity index (χ1) is 12.0. The van der Waals surface area contributed by atoms with Crippen LogP contribution in [-0.2, 0) is 18.4 Å². The van der Waals surface area contributed by atoms with Gasteiger partial charge < -0.3 is 14.8 Å². The number of hydrogen-bond acceptors (Lipinski definition) is 6. The molecule has 0 saturated carbocycles. The molecule has 0 bridgehead atoms. The third-order valence-electron chi connectivity index (χ3n) is 5.24. The molecule has 1 aromatic heterocycles. The minimum absolute atomic E-state index is 0.122. The maximum absolute atomic E-state index is 11.6. The Kier molecular flexibility index (Phi) is 5.33. The molecular formula is C16H27N7O2. The highest BCUT2D eigenvalue weighted by atomic mass is 16.2. The summed E-state index contributed by atoms with van der Waals surface area (Å²) in [5.41, 5.74) is 0. The third-order valence-corrected chi connectivity index (χ3v) is 5.24. The van der Waals surface area contributed by atoms with Gasteiger partial charge in [-0.25, -0.2) is 4.79 Å². The van der Waals surface area contributed by atoms with Gasteiger partial charge in [0.15, 0.2) is 0 Å². The average Bonchev–Trinajstić information content (AvgIpc) is 3.26. The number of imide groups is 1. The van der Waals surface area contributed by atoms with Crippen LogP contribution in [0.4, 0.5) is 4.79 Å². The van der Waals surface area contributed by atoms with Crippen molar-refractivity contribution in [3.63, 3.8) is 0 Å². The predicted molar refractivity (Wildman–Crippen MR) is 91.8 cm³/mol. The number of carbonyl (C=O) groups is 2. The molecule has 0 radical (unpaired) electrons. The Bertz CT molecular complexity index is 628. The lowest BCUT2D eigenvalue weighted by Crippen LogP contribution is -2.36. The monoisotopic (exact) mass is 349 g/mol. The van der Waals surface area contributed by atoms with Gasteiger partial charge in [0.2, 0.25) is 5.91 Å². The zero-order valence-corrected chi connectivity index (χ0v) is 15.2. The van der Waals surface area contributed by atoms with Gasteiger partial charge >= 0.3 is 6.03 Å². The Morgan fingerprint density at radius 2 is 2.08 bits per heavy atom. The van der Waals surface area contributed by atoms with Crippen LogP contribution in [0.2, 0.25) is 0 Å². The Balaban J connectivity index is 1.41. The van der Waals surface area contributed by atoms with E-state index in [2.05, 4.69) is 32.4 Å². The van der Waals surface area contributed by atoms with Gasteiger partial charge in [-0.1, -0.05) is 0 Å². The van der Waals surface area contributed by atoms with Gasteiger partial charge in [-0.2, -0.15) is 0 Å². The number of urea groups is 1. The zero-order chi connectivity index (χ0) is 18.0. The van der Waals surface area contributed by atoms with Crippen LogP contribution in [0.3, 0.4) is 0 Å². The van der Waals surface area contributed by atoms with Gasteiger partial charge in [-0.3, -0.25) is 14.6 Å². The highest BCUT2D eigenvalue weighted by Crippen LogP contribution is 2.17. The SMILES string of the molecule is Cc1nnc(CN(C)C2CCN(CCCN3C(=O)CNC3=O)C2)n1C. The first-order valence-electron chi connectivity index (χ1n) is 8.81. The number of rotatable bonds is 7. The van der Waals surface area contributed by atoms with E-state index in [0.29, 0.717) is 12.6 Å². The number of hydrogen-bond donors (Lipinski definition) is 1. The summed E-state index contributed by atoms with van der Waals surface area (Å²) in [7, 11) is 4.13. The number of aryl methyl sites for hydroxylation is 1. The van der Waals surface area contributed by atoms with Gasteiger partial charge in [-0.05, 0) is 39.9 Å². The summed E-state index contributed by atoms with van der Waals surface area (Å²) in [5, 5.41) is 10.9. The first kappa shape index (κ1) is 17.8. The quantitative estimate of drug-likeness (QED) is 0.673. The fourth-order valence-corrected chi connectivity index (χ4v) is 3.45. The van der Waals surface area contributed by atoms with E-state index in [0.717, 1.165) is 50.7 Å². The third kappa shape index (κ3) is 3.98. The van der Waals surface area contributed by atoms with Gasteiger partial charge in [0, 0.05) is 26.2 Å². The summed E-state index contributed by atoms with van der Waals surface area (Å²) in [4.78, 5) is 29.1. The number of likely N-dealkylation sites (N-methyl/N-ethyl adjacent to an activating group) is 1. The number of carbonyl (C=O) groups excluding carboxylic acids is 2. The molecule has 3 heterocycles. The van der Waals surface area contributed by atoms with E-state index >= 15 is 0 Å². The van der Waals surface area contributed by atoms with Crippen molar-refractivity contribution in [1.29, 1.82) is 0 Å². The molecule has 2 saturated heterocycles. The molecule has 3 rings (SSSR count). The Morgan fingerprint density at radius 3 is 2.72 bits per heavy atom. The normalized spacial score (nSPS) is 21.6. The molecule has 2 aliphatic heterocycles. The molecule has 2 aliphatic rings. The number of amides is 3. The molecule has 2 fully saturated rings. The van der Waals surface area contributed by atoms with Crippen molar-refractivity contribution in [1.82, 2.24) is 34.8 Å². The second kappa shape index (κ2) is 7.49. The summed E-state index contributed by atoms with van der Waals surface area (Å²) in [6, 6.07) is 0.233. The highest BCUT2D eigenvalue weighted by molar-refractivity contribution is 6.01. The molecule has 138 valence electrons. The molecule has 9 nitrogen and oxygen atoms in total. The Morgan fingerprint density at radius 1 is 1.28 bits per heavy atom. The second-order valence-electron chi connectivity index (χ2n) is 6.94. The van der Waals surface area contributed by atoms with Crippen molar-refractivity contribution in [3.05, 3.63) is 11.6 Å². The smallest absolute Gasteiger partial charge is 0.324 e. The van der Waals surface area contributed by atoms with E-state index in [9.17, 15) is 9.59 Å². The molecule has 1 aromatic rings. The van der Waals surface area contributed by atoms with E-state index in [1.54, 1.807) is 0 Å². The van der Waals surface area contributed by atoms with Crippen LogP contribution in [0.5, 0.6) is 0 Å². The molecule has 0 spiro atoms. The molecule has 3 amide bonds. The fourth-order valence-electron chi connectivity index (χ4n) is 3.45. The average molecular weight is 349 g/mol. The van der Waals surface area contributed by atoms with Gasteiger partial charge in [-0.15, -0.1) is 10.2 Å². The Labute approximate surface area is 148 Å². The van der Waals surface area contributed by atoms with Crippen LogP contribution in [0.1, 0.15) is 24.5 Å². The van der Waals surface area contributed by atoms with Crippen molar-refractivity contribution in [3.8, 4) is 0 Å². The van der Waals surface area contributed by atoms with Crippen LogP contribution in [0.15, 0.2) is 0 Å². The van der Waals surface area contributed by atoms with Crippen molar-refractivity contribution in [2.45, 2.75) is 32.4 Å². The summed E-state index contributed by atoms with van der Waals surface area (Å²) >= 11 is 0. The maximum Gasteiger partial charge on any atom is 0.324 e. The van der Waals surface area contributed by atoms with Crippen molar-refractivity contribution in [2.75, 3.05) is 39.8 Å². The molecule has 0 aliphatic carbocycles. The lowest BCUT2D eigenvalue weighted by atomic mass is 10.2. The zero-order valence-electron chi connectivity index (χ0n) is 15.2. The summed E-state index contributed by atoms with van der Waals surface area (Å²) in [6.45, 7) is 6.35. The minimum atomic E-state index is -0.261. The maximum atomic E-state index is 11.6. The van der Waals surface area contributed by atoms with Crippen LogP contribution >= 0.6 is 0 Å². The van der Waals surface area contributed by atoms with E-state index in [1.165, 1.54) is 4.90 Å². The number of aromatic nitrogens is 3. The number of nitrogens with one attached hydrogen (secondary N) is 1. The molecule has 0 aromatic carbocycles. The number of likely N-dealkylation sites (tertiary alicyclic amines) is 1. The lowest BCUT2D eigenvalue weighted by Gasteiger charge is -2.24. The number of nitrogens with zero attached hydrogens (tertiary/aromatic N) is 6. The molecule has 9 heteroatoms. The summed E-state index contributed by atoms with van der Waals surface area (Å²) < 4.78 is 2.03. The van der Waals surface area contributed by atoms with Crippen LogP contribution in [0.25, 0.3) is 0 Å². The van der Waals surface area contributed by atoms with Crippen molar-refractivity contribution >= 4 is 11.9 Å². The van der Waals surface area contributed by atoms with Gasteiger partial charge in [0.05, 0.1) is 13.1 Å². The first-order valence-corrected chi connectivity index (χ1v) is 8.81. The molecular weight excluding hydrogens is 322 g/mol. The molecule has 1 atom stereocenters. The van der Waals surface area contributed by atoms with E-state index in [4.69, 9.17) is 0 Å². The van der Waals surface area contributed by atoms with Crippen LogP contribution < -0.4 is 5.32 Å². The Hall–Kier alpha value is -2.00. The van der Waals surface area contributed by atoms with Crippen molar-refractivity contribution in [2.24, 2.45) is 7.05 Å². The van der Waals surface area contributed by atoms with E-state index in [-0.39, 0.29) is 18.5 Å². The van der Waals surface area contributed by atoms with Crippen LogP contribution in [0, 0.1) is 6.92 Å². The minimum Gasteiger partial charge on any atom is -0.329 e.